The number of benzene rings is 1. The smallest absolute Gasteiger partial charge is 0.260 e. The van der Waals surface area contributed by atoms with Gasteiger partial charge in [0.25, 0.3) is 5.91 Å². The number of ether oxygens (including phenoxy) is 2. The lowest BCUT2D eigenvalue weighted by atomic mass is 9.98. The number of hydrogen-bond donors (Lipinski definition) is 0. The lowest BCUT2D eigenvalue weighted by molar-refractivity contribution is -0.134. The van der Waals surface area contributed by atoms with Gasteiger partial charge in [0.15, 0.2) is 12.5 Å². The number of rotatable bonds is 7. The molecule has 0 N–H and O–H groups in total. The van der Waals surface area contributed by atoms with Crippen LogP contribution in [0.3, 0.4) is 0 Å². The van der Waals surface area contributed by atoms with Gasteiger partial charge in [0, 0.05) is 25.7 Å². The van der Waals surface area contributed by atoms with Gasteiger partial charge in [-0.25, -0.2) is 4.98 Å². The lowest BCUT2D eigenvalue weighted by Gasteiger charge is -2.31. The molecule has 1 aromatic carbocycles. The first-order valence-corrected chi connectivity index (χ1v) is 10.1. The van der Waals surface area contributed by atoms with Crippen LogP contribution < -0.4 is 9.47 Å². The van der Waals surface area contributed by atoms with Crippen molar-refractivity contribution in [3.63, 3.8) is 0 Å². The van der Waals surface area contributed by atoms with Crippen LogP contribution in [0.2, 0.25) is 0 Å². The maximum Gasteiger partial charge on any atom is 0.260 e. The van der Waals surface area contributed by atoms with E-state index in [0.717, 1.165) is 36.5 Å². The number of methoxy groups -OCH3 is 1. The highest BCUT2D eigenvalue weighted by atomic mass is 16.5. The van der Waals surface area contributed by atoms with Crippen LogP contribution >= 0.6 is 0 Å². The van der Waals surface area contributed by atoms with Gasteiger partial charge in [-0.1, -0.05) is 12.1 Å². The SMILES string of the molecule is COc1ccc(Cc2cnc([C@H]3CCCN(C(=O)COc4cccnc4)C3)o2)cc1. The average molecular weight is 407 g/mol. The molecule has 1 saturated heterocycles. The number of carbonyl (C=O) groups is 1. The van der Waals surface area contributed by atoms with Crippen molar-refractivity contribution in [2.45, 2.75) is 25.2 Å². The summed E-state index contributed by atoms with van der Waals surface area (Å²) in [4.78, 5) is 22.9. The number of piperidine rings is 1. The fourth-order valence-corrected chi connectivity index (χ4v) is 3.61. The Labute approximate surface area is 175 Å². The van der Waals surface area contributed by atoms with Crippen molar-refractivity contribution in [2.24, 2.45) is 0 Å². The van der Waals surface area contributed by atoms with E-state index >= 15 is 0 Å². The molecule has 0 bridgehead atoms. The molecule has 0 unspecified atom stereocenters. The Kier molecular flexibility index (Phi) is 6.27. The van der Waals surface area contributed by atoms with E-state index in [4.69, 9.17) is 13.9 Å². The summed E-state index contributed by atoms with van der Waals surface area (Å²) in [6.45, 7) is 1.33. The van der Waals surface area contributed by atoms with Crippen LogP contribution in [-0.4, -0.2) is 47.6 Å². The Morgan fingerprint density at radius 1 is 1.20 bits per heavy atom. The fourth-order valence-electron chi connectivity index (χ4n) is 3.61. The Morgan fingerprint density at radius 3 is 2.83 bits per heavy atom. The van der Waals surface area contributed by atoms with Crippen molar-refractivity contribution >= 4 is 5.91 Å². The Bertz CT molecular complexity index is 956. The van der Waals surface area contributed by atoms with Crippen molar-refractivity contribution in [2.75, 3.05) is 26.8 Å². The lowest BCUT2D eigenvalue weighted by Crippen LogP contribution is -2.41. The molecule has 156 valence electrons. The van der Waals surface area contributed by atoms with E-state index in [0.29, 0.717) is 24.6 Å². The monoisotopic (exact) mass is 407 g/mol. The number of nitrogens with zero attached hydrogens (tertiary/aromatic N) is 3. The summed E-state index contributed by atoms with van der Waals surface area (Å²) in [5.74, 6) is 3.01. The Hall–Kier alpha value is -3.35. The highest BCUT2D eigenvalue weighted by molar-refractivity contribution is 5.78. The topological polar surface area (TPSA) is 77.7 Å². The molecular formula is C23H25N3O4. The predicted molar refractivity (Wildman–Crippen MR) is 111 cm³/mol. The summed E-state index contributed by atoms with van der Waals surface area (Å²) in [5, 5.41) is 0. The molecule has 0 radical (unpaired) electrons. The zero-order valence-corrected chi connectivity index (χ0v) is 17.0. The summed E-state index contributed by atoms with van der Waals surface area (Å²) >= 11 is 0. The molecule has 0 spiro atoms. The van der Waals surface area contributed by atoms with E-state index in [2.05, 4.69) is 9.97 Å². The molecule has 30 heavy (non-hydrogen) atoms. The summed E-state index contributed by atoms with van der Waals surface area (Å²) in [6.07, 6.45) is 7.60. The number of pyridine rings is 1. The van der Waals surface area contributed by atoms with Crippen molar-refractivity contribution in [1.29, 1.82) is 0 Å². The third kappa shape index (κ3) is 4.97. The normalized spacial score (nSPS) is 16.3. The van der Waals surface area contributed by atoms with Crippen LogP contribution in [0.4, 0.5) is 0 Å². The van der Waals surface area contributed by atoms with Crippen LogP contribution in [0.1, 0.15) is 36.0 Å². The predicted octanol–water partition coefficient (Wildman–Crippen LogP) is 3.45. The summed E-state index contributed by atoms with van der Waals surface area (Å²) in [5.41, 5.74) is 1.13. The zero-order valence-electron chi connectivity index (χ0n) is 17.0. The molecular weight excluding hydrogens is 382 g/mol. The number of carbonyl (C=O) groups excluding carboxylic acids is 1. The van der Waals surface area contributed by atoms with Crippen molar-refractivity contribution in [1.82, 2.24) is 14.9 Å². The number of hydrogen-bond acceptors (Lipinski definition) is 6. The summed E-state index contributed by atoms with van der Waals surface area (Å²) in [7, 11) is 1.65. The molecule has 7 heteroatoms. The molecule has 1 aliphatic rings. The molecule has 2 aromatic heterocycles. The number of aromatic nitrogens is 2. The molecule has 0 aliphatic carbocycles. The van der Waals surface area contributed by atoms with Crippen LogP contribution in [0.25, 0.3) is 0 Å². The highest BCUT2D eigenvalue weighted by Crippen LogP contribution is 2.27. The van der Waals surface area contributed by atoms with E-state index in [1.54, 1.807) is 37.8 Å². The summed E-state index contributed by atoms with van der Waals surface area (Å²) < 4.78 is 16.8. The number of amides is 1. The molecule has 1 aliphatic heterocycles. The van der Waals surface area contributed by atoms with Crippen LogP contribution in [0.15, 0.2) is 59.4 Å². The fraction of sp³-hybridized carbons (Fsp3) is 0.348. The maximum atomic E-state index is 12.6. The molecule has 1 amide bonds. The van der Waals surface area contributed by atoms with Gasteiger partial charge in [0.05, 0.1) is 25.4 Å². The second-order valence-electron chi connectivity index (χ2n) is 7.35. The molecule has 1 fully saturated rings. The van der Waals surface area contributed by atoms with Gasteiger partial charge in [-0.05, 0) is 42.7 Å². The third-order valence-electron chi connectivity index (χ3n) is 5.23. The number of likely N-dealkylation sites (tertiary alicyclic amines) is 1. The van der Waals surface area contributed by atoms with Crippen LogP contribution in [0.5, 0.6) is 11.5 Å². The van der Waals surface area contributed by atoms with Gasteiger partial charge in [-0.2, -0.15) is 0 Å². The number of oxazole rings is 1. The molecule has 1 atom stereocenters. The van der Waals surface area contributed by atoms with Gasteiger partial charge in [0.2, 0.25) is 0 Å². The second kappa shape index (κ2) is 9.43. The van der Waals surface area contributed by atoms with Crippen molar-refractivity contribution in [3.8, 4) is 11.5 Å². The highest BCUT2D eigenvalue weighted by Gasteiger charge is 2.28. The minimum atomic E-state index is -0.0337. The van der Waals surface area contributed by atoms with E-state index in [1.165, 1.54) is 0 Å². The first-order chi connectivity index (χ1) is 14.7. The van der Waals surface area contributed by atoms with Gasteiger partial charge in [-0.3, -0.25) is 9.78 Å². The van der Waals surface area contributed by atoms with Crippen molar-refractivity contribution < 1.29 is 18.7 Å². The van der Waals surface area contributed by atoms with Crippen molar-refractivity contribution in [3.05, 3.63) is 72.2 Å². The van der Waals surface area contributed by atoms with Crippen LogP contribution in [0, 0.1) is 0 Å². The Morgan fingerprint density at radius 2 is 2.07 bits per heavy atom. The molecule has 3 heterocycles. The third-order valence-corrected chi connectivity index (χ3v) is 5.23. The van der Waals surface area contributed by atoms with Gasteiger partial charge in [-0.15, -0.1) is 0 Å². The zero-order chi connectivity index (χ0) is 20.8. The molecule has 0 saturated carbocycles. The Balaban J connectivity index is 1.33. The van der Waals surface area contributed by atoms with E-state index < -0.39 is 0 Å². The average Bonchev–Trinajstić information content (AvgIpc) is 3.27. The molecule has 7 nitrogen and oxygen atoms in total. The van der Waals surface area contributed by atoms with E-state index in [9.17, 15) is 4.79 Å². The van der Waals surface area contributed by atoms with Gasteiger partial charge >= 0.3 is 0 Å². The second-order valence-corrected chi connectivity index (χ2v) is 7.35. The minimum Gasteiger partial charge on any atom is -0.497 e. The molecule has 3 aromatic rings. The first-order valence-electron chi connectivity index (χ1n) is 10.1. The maximum absolute atomic E-state index is 12.6. The first kappa shape index (κ1) is 19.9. The largest absolute Gasteiger partial charge is 0.497 e. The van der Waals surface area contributed by atoms with Gasteiger partial charge < -0.3 is 18.8 Å². The summed E-state index contributed by atoms with van der Waals surface area (Å²) in [6, 6.07) is 11.5. The minimum absolute atomic E-state index is 0.00666. The standard InChI is InChI=1S/C23H25N3O4/c1-28-19-8-6-17(7-9-19)12-21-14-25-23(30-21)18-4-3-11-26(15-18)22(27)16-29-20-5-2-10-24-13-20/h2,5-10,13-14,18H,3-4,11-12,15-16H2,1H3/t18-/m0/s1. The quantitative estimate of drug-likeness (QED) is 0.597. The van der Waals surface area contributed by atoms with Crippen LogP contribution in [-0.2, 0) is 11.2 Å². The molecule has 4 rings (SSSR count). The van der Waals surface area contributed by atoms with E-state index in [-0.39, 0.29) is 18.4 Å². The van der Waals surface area contributed by atoms with E-state index in [1.807, 2.05) is 29.2 Å². The van der Waals surface area contributed by atoms with Gasteiger partial charge in [0.1, 0.15) is 17.3 Å².